The molecule has 1 saturated carbocycles. The van der Waals surface area contributed by atoms with E-state index < -0.39 is 0 Å². The van der Waals surface area contributed by atoms with Crippen LogP contribution in [0.25, 0.3) is 0 Å². The van der Waals surface area contributed by atoms with Gasteiger partial charge in [-0.05, 0) is 38.0 Å². The van der Waals surface area contributed by atoms with Crippen LogP contribution in [0.1, 0.15) is 40.0 Å². The van der Waals surface area contributed by atoms with E-state index in [0.717, 1.165) is 31.5 Å². The van der Waals surface area contributed by atoms with E-state index in [4.69, 9.17) is 4.74 Å². The second-order valence-electron chi connectivity index (χ2n) is 6.78. The Kier molecular flexibility index (Phi) is 4.68. The Labute approximate surface area is 112 Å². The topological polar surface area (TPSA) is 24.5 Å². The first-order valence-electron chi connectivity index (χ1n) is 7.53. The van der Waals surface area contributed by atoms with E-state index in [1.54, 1.807) is 0 Å². The Bertz CT molecular complexity index is 265. The Hall–Kier alpha value is -0.120. The Balaban J connectivity index is 1.96. The van der Waals surface area contributed by atoms with Gasteiger partial charge in [0.25, 0.3) is 0 Å². The Morgan fingerprint density at radius 3 is 2.67 bits per heavy atom. The van der Waals surface area contributed by atoms with Crippen molar-refractivity contribution in [1.29, 1.82) is 0 Å². The molecule has 106 valence electrons. The molecule has 2 aliphatic rings. The molecule has 0 spiro atoms. The summed E-state index contributed by atoms with van der Waals surface area (Å²) in [7, 11) is 1.81. The van der Waals surface area contributed by atoms with Gasteiger partial charge in [-0.1, -0.05) is 13.8 Å². The van der Waals surface area contributed by atoms with Crippen molar-refractivity contribution in [3.05, 3.63) is 0 Å². The molecule has 0 bridgehead atoms. The second kappa shape index (κ2) is 5.89. The fourth-order valence-corrected chi connectivity index (χ4v) is 3.38. The molecule has 1 saturated heterocycles. The molecule has 18 heavy (non-hydrogen) atoms. The van der Waals surface area contributed by atoms with Crippen molar-refractivity contribution < 1.29 is 4.74 Å². The molecule has 1 aliphatic carbocycles. The minimum Gasteiger partial charge on any atom is -0.383 e. The van der Waals surface area contributed by atoms with E-state index in [1.807, 2.05) is 7.11 Å². The smallest absolute Gasteiger partial charge is 0.0589 e. The van der Waals surface area contributed by atoms with Gasteiger partial charge < -0.3 is 10.1 Å². The van der Waals surface area contributed by atoms with E-state index in [-0.39, 0.29) is 0 Å². The summed E-state index contributed by atoms with van der Waals surface area (Å²) in [6.07, 6.45) is 4.11. The number of nitrogens with one attached hydrogen (secondary N) is 1. The van der Waals surface area contributed by atoms with Gasteiger partial charge in [-0.3, -0.25) is 4.90 Å². The highest BCUT2D eigenvalue weighted by atomic mass is 16.5. The van der Waals surface area contributed by atoms with Gasteiger partial charge in [0, 0.05) is 38.3 Å². The molecule has 0 aromatic heterocycles. The molecular weight excluding hydrogens is 224 g/mol. The van der Waals surface area contributed by atoms with Crippen molar-refractivity contribution in [2.24, 2.45) is 11.8 Å². The fraction of sp³-hybridized carbons (Fsp3) is 1.00. The summed E-state index contributed by atoms with van der Waals surface area (Å²) in [6.45, 7) is 11.4. The number of hydrogen-bond donors (Lipinski definition) is 1. The molecule has 1 aliphatic heterocycles. The molecule has 0 amide bonds. The summed E-state index contributed by atoms with van der Waals surface area (Å²) in [5.74, 6) is 1.68. The lowest BCUT2D eigenvalue weighted by molar-refractivity contribution is 0.0119. The normalized spacial score (nSPS) is 34.2. The zero-order valence-electron chi connectivity index (χ0n) is 12.5. The first-order chi connectivity index (χ1) is 8.56. The number of hydrogen-bond acceptors (Lipinski definition) is 3. The second-order valence-corrected chi connectivity index (χ2v) is 6.78. The third kappa shape index (κ3) is 3.25. The summed E-state index contributed by atoms with van der Waals surface area (Å²) < 4.78 is 5.29. The maximum Gasteiger partial charge on any atom is 0.0589 e. The predicted octanol–water partition coefficient (Wildman–Crippen LogP) is 2.12. The van der Waals surface area contributed by atoms with Crippen LogP contribution in [0.3, 0.4) is 0 Å². The summed E-state index contributed by atoms with van der Waals surface area (Å²) in [4.78, 5) is 2.69. The molecule has 2 atom stereocenters. The lowest BCUT2D eigenvalue weighted by Gasteiger charge is -2.49. The van der Waals surface area contributed by atoms with Crippen LogP contribution in [0.15, 0.2) is 0 Å². The lowest BCUT2D eigenvalue weighted by Crippen LogP contribution is -2.65. The number of nitrogens with zero attached hydrogens (tertiary/aromatic N) is 1. The molecule has 0 radical (unpaired) electrons. The zero-order valence-corrected chi connectivity index (χ0v) is 12.5. The van der Waals surface area contributed by atoms with Crippen molar-refractivity contribution in [1.82, 2.24) is 10.2 Å². The number of ether oxygens (including phenoxy) is 1. The molecule has 1 N–H and O–H groups in total. The summed E-state index contributed by atoms with van der Waals surface area (Å²) in [6, 6.07) is 0.661. The van der Waals surface area contributed by atoms with Gasteiger partial charge in [-0.15, -0.1) is 0 Å². The molecule has 2 unspecified atom stereocenters. The van der Waals surface area contributed by atoms with Crippen molar-refractivity contribution in [3.8, 4) is 0 Å². The Morgan fingerprint density at radius 2 is 2.11 bits per heavy atom. The molecule has 2 rings (SSSR count). The third-order valence-corrected chi connectivity index (χ3v) is 4.69. The van der Waals surface area contributed by atoms with Gasteiger partial charge in [0.05, 0.1) is 6.61 Å². The van der Waals surface area contributed by atoms with Gasteiger partial charge in [-0.25, -0.2) is 0 Å². The van der Waals surface area contributed by atoms with Crippen LogP contribution >= 0.6 is 0 Å². The van der Waals surface area contributed by atoms with Crippen molar-refractivity contribution in [2.45, 2.75) is 51.6 Å². The van der Waals surface area contributed by atoms with Crippen LogP contribution in [-0.2, 0) is 4.74 Å². The average molecular weight is 254 g/mol. The average Bonchev–Trinajstić information content (AvgIpc) is 3.13. The highest BCUT2D eigenvalue weighted by Crippen LogP contribution is 2.44. The van der Waals surface area contributed by atoms with Crippen LogP contribution < -0.4 is 5.32 Å². The molecule has 3 nitrogen and oxygen atoms in total. The first kappa shape index (κ1) is 14.3. The monoisotopic (exact) mass is 254 g/mol. The highest BCUT2D eigenvalue weighted by Gasteiger charge is 2.47. The number of methoxy groups -OCH3 is 1. The number of piperazine rings is 1. The number of rotatable bonds is 6. The van der Waals surface area contributed by atoms with Gasteiger partial charge in [-0.2, -0.15) is 0 Å². The van der Waals surface area contributed by atoms with E-state index in [9.17, 15) is 0 Å². The maximum absolute atomic E-state index is 5.29. The van der Waals surface area contributed by atoms with Crippen LogP contribution in [-0.4, -0.2) is 49.8 Å². The van der Waals surface area contributed by atoms with Crippen molar-refractivity contribution in [2.75, 3.05) is 33.4 Å². The third-order valence-electron chi connectivity index (χ3n) is 4.69. The highest BCUT2D eigenvalue weighted by molar-refractivity contribution is 5.04. The molecular formula is C15H30N2O. The van der Waals surface area contributed by atoms with E-state index in [0.29, 0.717) is 11.6 Å². The molecule has 0 aromatic carbocycles. The molecule has 3 heteroatoms. The van der Waals surface area contributed by atoms with Crippen molar-refractivity contribution >= 4 is 0 Å². The van der Waals surface area contributed by atoms with Gasteiger partial charge in [0.1, 0.15) is 0 Å². The predicted molar refractivity (Wildman–Crippen MR) is 75.8 cm³/mol. The van der Waals surface area contributed by atoms with Crippen LogP contribution in [0, 0.1) is 11.8 Å². The van der Waals surface area contributed by atoms with E-state index in [1.165, 1.54) is 25.8 Å². The van der Waals surface area contributed by atoms with Gasteiger partial charge in [0.15, 0.2) is 0 Å². The van der Waals surface area contributed by atoms with E-state index >= 15 is 0 Å². The maximum atomic E-state index is 5.29. The summed E-state index contributed by atoms with van der Waals surface area (Å²) in [5, 5.41) is 3.79. The van der Waals surface area contributed by atoms with Crippen LogP contribution in [0.2, 0.25) is 0 Å². The van der Waals surface area contributed by atoms with Crippen molar-refractivity contribution in [3.63, 3.8) is 0 Å². The molecule has 2 fully saturated rings. The van der Waals surface area contributed by atoms with Gasteiger partial charge >= 0.3 is 0 Å². The minimum atomic E-state index is 0.367. The SMILES string of the molecule is COCCN1CC(CC(C)C)NCC1(C)C1CC1. The van der Waals surface area contributed by atoms with Gasteiger partial charge in [0.2, 0.25) is 0 Å². The quantitative estimate of drug-likeness (QED) is 0.786. The van der Waals surface area contributed by atoms with E-state index in [2.05, 4.69) is 31.0 Å². The van der Waals surface area contributed by atoms with Crippen LogP contribution in [0.5, 0.6) is 0 Å². The molecule has 1 heterocycles. The zero-order chi connectivity index (χ0) is 13.2. The Morgan fingerprint density at radius 1 is 1.39 bits per heavy atom. The summed E-state index contributed by atoms with van der Waals surface area (Å²) in [5.41, 5.74) is 0.367. The minimum absolute atomic E-state index is 0.367. The molecule has 0 aromatic rings. The standard InChI is InChI=1S/C15H30N2O/c1-12(2)9-14-10-17(7-8-18-4)15(3,11-16-14)13-5-6-13/h12-14,16H,5-11H2,1-4H3. The summed E-state index contributed by atoms with van der Waals surface area (Å²) >= 11 is 0. The largest absolute Gasteiger partial charge is 0.383 e. The lowest BCUT2D eigenvalue weighted by atomic mass is 9.88. The first-order valence-corrected chi connectivity index (χ1v) is 7.53. The van der Waals surface area contributed by atoms with Crippen LogP contribution in [0.4, 0.5) is 0 Å². The fourth-order valence-electron chi connectivity index (χ4n) is 3.38.